The number of nitrogens with zero attached hydrogens (tertiary/aromatic N) is 5. The summed E-state index contributed by atoms with van der Waals surface area (Å²) in [7, 11) is 0. The van der Waals surface area contributed by atoms with Crippen LogP contribution in [0.15, 0.2) is 39.4 Å². The van der Waals surface area contributed by atoms with E-state index in [1.54, 1.807) is 12.3 Å². The number of morpholine rings is 1. The van der Waals surface area contributed by atoms with Crippen molar-refractivity contribution in [2.75, 3.05) is 37.7 Å². The van der Waals surface area contributed by atoms with Gasteiger partial charge in [0, 0.05) is 24.8 Å². The summed E-state index contributed by atoms with van der Waals surface area (Å²) < 4.78 is 16.6. The minimum atomic E-state index is -0.0885. The molecule has 3 aromatic rings. The van der Waals surface area contributed by atoms with Gasteiger partial charge in [0.05, 0.1) is 25.8 Å². The zero-order valence-corrected chi connectivity index (χ0v) is 16.7. The van der Waals surface area contributed by atoms with Gasteiger partial charge in [-0.1, -0.05) is 5.16 Å². The lowest BCUT2D eigenvalue weighted by atomic mass is 10.2. The molecule has 2 aliphatic rings. The normalized spacial score (nSPS) is 20.2. The number of hydrogen-bond acceptors (Lipinski definition) is 9. The van der Waals surface area contributed by atoms with Gasteiger partial charge in [-0.3, -0.25) is 4.90 Å². The van der Waals surface area contributed by atoms with Gasteiger partial charge in [0.2, 0.25) is 11.7 Å². The molecular formula is C21H25N5O4. The second-order valence-electron chi connectivity index (χ2n) is 7.62. The molecule has 1 atom stereocenters. The summed E-state index contributed by atoms with van der Waals surface area (Å²) in [6.45, 7) is 4.67. The van der Waals surface area contributed by atoms with E-state index in [2.05, 4.69) is 24.9 Å². The van der Waals surface area contributed by atoms with Crippen molar-refractivity contribution in [3.63, 3.8) is 0 Å². The van der Waals surface area contributed by atoms with E-state index in [4.69, 9.17) is 13.7 Å². The molecule has 5 heterocycles. The Labute approximate surface area is 174 Å². The number of furan rings is 1. The summed E-state index contributed by atoms with van der Waals surface area (Å²) in [4.78, 5) is 13.7. The van der Waals surface area contributed by atoms with Crippen molar-refractivity contribution >= 4 is 5.82 Å². The SMILES string of the molecule is OCc1ccc(CN2CCCC2c2nc(-c3ccc(N4CCOCC4)nc3)no2)o1. The van der Waals surface area contributed by atoms with Crippen molar-refractivity contribution < 1.29 is 18.8 Å². The van der Waals surface area contributed by atoms with E-state index in [9.17, 15) is 5.11 Å². The van der Waals surface area contributed by atoms with Crippen molar-refractivity contribution in [3.8, 4) is 11.4 Å². The van der Waals surface area contributed by atoms with Gasteiger partial charge < -0.3 is 23.7 Å². The Morgan fingerprint density at radius 1 is 1.07 bits per heavy atom. The van der Waals surface area contributed by atoms with Crippen LogP contribution in [0.1, 0.15) is 36.3 Å². The lowest BCUT2D eigenvalue weighted by Crippen LogP contribution is -2.36. The Balaban J connectivity index is 1.28. The molecule has 2 fully saturated rings. The molecule has 158 valence electrons. The summed E-state index contributed by atoms with van der Waals surface area (Å²) in [5.74, 6) is 3.52. The maximum absolute atomic E-state index is 9.19. The summed E-state index contributed by atoms with van der Waals surface area (Å²) in [6, 6.07) is 7.75. The lowest BCUT2D eigenvalue weighted by Gasteiger charge is -2.27. The minimum Gasteiger partial charge on any atom is -0.462 e. The molecule has 0 amide bonds. The zero-order valence-electron chi connectivity index (χ0n) is 16.7. The van der Waals surface area contributed by atoms with E-state index in [0.717, 1.165) is 62.8 Å². The molecule has 5 rings (SSSR count). The third-order valence-corrected chi connectivity index (χ3v) is 5.66. The van der Waals surface area contributed by atoms with Crippen molar-refractivity contribution in [2.24, 2.45) is 0 Å². The van der Waals surface area contributed by atoms with Crippen LogP contribution in [0.2, 0.25) is 0 Å². The first kappa shape index (κ1) is 19.2. The van der Waals surface area contributed by atoms with Crippen LogP contribution in [0.3, 0.4) is 0 Å². The number of likely N-dealkylation sites (tertiary alicyclic amines) is 1. The topological polar surface area (TPSA) is 101 Å². The van der Waals surface area contributed by atoms with Crippen LogP contribution in [-0.2, 0) is 17.9 Å². The van der Waals surface area contributed by atoms with Gasteiger partial charge in [0.25, 0.3) is 0 Å². The summed E-state index contributed by atoms with van der Waals surface area (Å²) in [5, 5.41) is 13.4. The van der Waals surface area contributed by atoms with Gasteiger partial charge in [-0.05, 0) is 43.7 Å². The van der Waals surface area contributed by atoms with Gasteiger partial charge in [0.15, 0.2) is 0 Å². The number of aromatic nitrogens is 3. The Hall–Kier alpha value is -2.75. The number of hydrogen-bond donors (Lipinski definition) is 1. The summed E-state index contributed by atoms with van der Waals surface area (Å²) >= 11 is 0. The lowest BCUT2D eigenvalue weighted by molar-refractivity contribution is 0.122. The largest absolute Gasteiger partial charge is 0.462 e. The maximum Gasteiger partial charge on any atom is 0.244 e. The second kappa shape index (κ2) is 8.55. The highest BCUT2D eigenvalue weighted by Gasteiger charge is 2.31. The van der Waals surface area contributed by atoms with Crippen molar-refractivity contribution in [2.45, 2.75) is 32.0 Å². The smallest absolute Gasteiger partial charge is 0.244 e. The van der Waals surface area contributed by atoms with Crippen LogP contribution in [0.4, 0.5) is 5.82 Å². The highest BCUT2D eigenvalue weighted by Crippen LogP contribution is 2.33. The molecule has 0 saturated carbocycles. The molecule has 0 aliphatic carbocycles. The van der Waals surface area contributed by atoms with Gasteiger partial charge >= 0.3 is 0 Å². The average molecular weight is 411 g/mol. The van der Waals surface area contributed by atoms with Crippen LogP contribution >= 0.6 is 0 Å². The standard InChI is InChI=1S/C21H25N5O4/c27-14-17-5-4-16(29-17)13-26-7-1-2-18(26)21-23-20(24-30-21)15-3-6-19(22-12-15)25-8-10-28-11-9-25/h3-6,12,18,27H,1-2,7-11,13-14H2. The van der Waals surface area contributed by atoms with Gasteiger partial charge in [-0.25, -0.2) is 4.98 Å². The minimum absolute atomic E-state index is 0.0644. The molecule has 3 aromatic heterocycles. The molecule has 2 aliphatic heterocycles. The van der Waals surface area contributed by atoms with Crippen LogP contribution < -0.4 is 4.90 Å². The maximum atomic E-state index is 9.19. The molecule has 9 heteroatoms. The molecule has 30 heavy (non-hydrogen) atoms. The van der Waals surface area contributed by atoms with E-state index < -0.39 is 0 Å². The average Bonchev–Trinajstić information content (AvgIpc) is 3.55. The van der Waals surface area contributed by atoms with E-state index in [1.165, 1.54) is 0 Å². The highest BCUT2D eigenvalue weighted by atomic mass is 16.5. The van der Waals surface area contributed by atoms with Crippen molar-refractivity contribution in [1.82, 2.24) is 20.0 Å². The first-order valence-corrected chi connectivity index (χ1v) is 10.4. The molecule has 1 unspecified atom stereocenters. The fourth-order valence-electron chi connectivity index (χ4n) is 4.07. The number of pyridine rings is 1. The second-order valence-corrected chi connectivity index (χ2v) is 7.62. The first-order chi connectivity index (χ1) is 14.8. The number of aliphatic hydroxyl groups is 1. The molecular weight excluding hydrogens is 386 g/mol. The van der Waals surface area contributed by atoms with Crippen LogP contribution in [0.25, 0.3) is 11.4 Å². The van der Waals surface area contributed by atoms with E-state index in [0.29, 0.717) is 24.0 Å². The number of ether oxygens (including phenoxy) is 1. The number of aliphatic hydroxyl groups excluding tert-OH is 1. The van der Waals surface area contributed by atoms with Crippen molar-refractivity contribution in [1.29, 1.82) is 0 Å². The fraction of sp³-hybridized carbons (Fsp3) is 0.476. The van der Waals surface area contributed by atoms with Gasteiger partial charge in [-0.2, -0.15) is 4.98 Å². The Morgan fingerprint density at radius 3 is 2.70 bits per heavy atom. The Kier molecular flexibility index (Phi) is 5.48. The quantitative estimate of drug-likeness (QED) is 0.655. The van der Waals surface area contributed by atoms with Gasteiger partial charge in [-0.15, -0.1) is 0 Å². The first-order valence-electron chi connectivity index (χ1n) is 10.4. The summed E-state index contributed by atoms with van der Waals surface area (Å²) in [6.07, 6.45) is 3.82. The van der Waals surface area contributed by atoms with Crippen LogP contribution in [0.5, 0.6) is 0 Å². The molecule has 9 nitrogen and oxygen atoms in total. The van der Waals surface area contributed by atoms with Gasteiger partial charge in [0.1, 0.15) is 23.9 Å². The molecule has 0 spiro atoms. The monoisotopic (exact) mass is 411 g/mol. The summed E-state index contributed by atoms with van der Waals surface area (Å²) in [5.41, 5.74) is 0.838. The third kappa shape index (κ3) is 3.96. The molecule has 0 radical (unpaired) electrons. The highest BCUT2D eigenvalue weighted by molar-refractivity contribution is 5.56. The predicted octanol–water partition coefficient (Wildman–Crippen LogP) is 2.39. The van der Waals surface area contributed by atoms with E-state index in [1.807, 2.05) is 18.2 Å². The number of rotatable bonds is 6. The van der Waals surface area contributed by atoms with E-state index >= 15 is 0 Å². The number of anilines is 1. The molecule has 0 bridgehead atoms. The zero-order chi connectivity index (χ0) is 20.3. The fourth-order valence-corrected chi connectivity index (χ4v) is 4.07. The van der Waals surface area contributed by atoms with Crippen LogP contribution in [0, 0.1) is 0 Å². The van der Waals surface area contributed by atoms with Crippen molar-refractivity contribution in [3.05, 3.63) is 47.9 Å². The van der Waals surface area contributed by atoms with Crippen LogP contribution in [-0.4, -0.2) is 58.0 Å². The predicted molar refractivity (Wildman–Crippen MR) is 108 cm³/mol. The van der Waals surface area contributed by atoms with E-state index in [-0.39, 0.29) is 12.6 Å². The third-order valence-electron chi connectivity index (χ3n) is 5.66. The molecule has 0 aromatic carbocycles. The Bertz CT molecular complexity index is 964. The molecule has 1 N–H and O–H groups in total. The Morgan fingerprint density at radius 2 is 1.93 bits per heavy atom. The molecule has 2 saturated heterocycles.